The first-order valence-corrected chi connectivity index (χ1v) is 12.6. The number of amides is 1. The molecule has 0 aromatic heterocycles. The minimum absolute atomic E-state index is 0.0385. The van der Waals surface area contributed by atoms with E-state index in [1.54, 1.807) is 0 Å². The fourth-order valence-corrected chi connectivity index (χ4v) is 4.68. The molecule has 0 saturated heterocycles. The second kappa shape index (κ2) is 13.1. The minimum Gasteiger partial charge on any atom is -0.355 e. The van der Waals surface area contributed by atoms with Gasteiger partial charge in [-0.2, -0.15) is 5.26 Å². The van der Waals surface area contributed by atoms with Crippen LogP contribution in [-0.4, -0.2) is 25.5 Å². The lowest BCUT2D eigenvalue weighted by molar-refractivity contribution is -0.120. The van der Waals surface area contributed by atoms with Gasteiger partial charge in [-0.3, -0.25) is 4.79 Å². The monoisotopic (exact) mass is 487 g/mol. The summed E-state index contributed by atoms with van der Waals surface area (Å²) >= 11 is 6.04. The third-order valence-electron chi connectivity index (χ3n) is 6.65. The molecule has 5 heteroatoms. The van der Waals surface area contributed by atoms with Crippen molar-refractivity contribution in [2.75, 3.05) is 19.6 Å². The van der Waals surface area contributed by atoms with E-state index < -0.39 is 5.41 Å². The number of nitriles is 1. The molecule has 0 fully saturated rings. The first kappa shape index (κ1) is 26.5. The molecule has 0 aliphatic heterocycles. The Morgan fingerprint density at radius 2 is 1.51 bits per heavy atom. The standard InChI is InChI=1S/C30H34ClN3O/c1-23(2)30(22-32,26-14-16-27(31)17-15-26)18-9-19-34-29(35)21-33-20-28(24-10-5-3-6-11-24)25-12-7-4-8-13-25/h3-8,10-17,23,28,33H,9,18-21H2,1-2H3,(H,34,35). The molecule has 35 heavy (non-hydrogen) atoms. The topological polar surface area (TPSA) is 64.9 Å². The molecule has 0 heterocycles. The Hall–Kier alpha value is -3.13. The Kier molecular flexibility index (Phi) is 9.90. The molecule has 0 saturated carbocycles. The summed E-state index contributed by atoms with van der Waals surface area (Å²) in [7, 11) is 0. The van der Waals surface area contributed by atoms with E-state index in [9.17, 15) is 10.1 Å². The molecular weight excluding hydrogens is 454 g/mol. The van der Waals surface area contributed by atoms with Crippen molar-refractivity contribution >= 4 is 17.5 Å². The number of carbonyl (C=O) groups excluding carboxylic acids is 1. The van der Waals surface area contributed by atoms with Gasteiger partial charge >= 0.3 is 0 Å². The predicted octanol–water partition coefficient (Wildman–Crippen LogP) is 6.08. The van der Waals surface area contributed by atoms with E-state index >= 15 is 0 Å². The molecule has 3 rings (SSSR count). The van der Waals surface area contributed by atoms with Crippen LogP contribution in [0.25, 0.3) is 0 Å². The van der Waals surface area contributed by atoms with Gasteiger partial charge < -0.3 is 10.6 Å². The van der Waals surface area contributed by atoms with Crippen LogP contribution < -0.4 is 10.6 Å². The van der Waals surface area contributed by atoms with E-state index in [2.05, 4.69) is 54.8 Å². The van der Waals surface area contributed by atoms with Crippen molar-refractivity contribution in [3.8, 4) is 6.07 Å². The van der Waals surface area contributed by atoms with Gasteiger partial charge in [0.05, 0.1) is 18.0 Å². The quantitative estimate of drug-likeness (QED) is 0.304. The van der Waals surface area contributed by atoms with Gasteiger partial charge in [0.15, 0.2) is 0 Å². The smallest absolute Gasteiger partial charge is 0.233 e. The predicted molar refractivity (Wildman–Crippen MR) is 143 cm³/mol. The number of nitrogens with one attached hydrogen (secondary N) is 2. The number of nitrogens with zero attached hydrogens (tertiary/aromatic N) is 1. The summed E-state index contributed by atoms with van der Waals surface area (Å²) in [4.78, 5) is 12.5. The van der Waals surface area contributed by atoms with Crippen molar-refractivity contribution in [3.05, 3.63) is 107 Å². The summed E-state index contributed by atoms with van der Waals surface area (Å²) in [6.45, 7) is 5.58. The molecule has 182 valence electrons. The third-order valence-corrected chi connectivity index (χ3v) is 6.90. The van der Waals surface area contributed by atoms with Crippen LogP contribution in [0.15, 0.2) is 84.9 Å². The Morgan fingerprint density at radius 1 is 0.943 bits per heavy atom. The normalized spacial score (nSPS) is 12.8. The van der Waals surface area contributed by atoms with Gasteiger partial charge in [0.1, 0.15) is 0 Å². The molecule has 0 aliphatic rings. The molecule has 0 spiro atoms. The van der Waals surface area contributed by atoms with Crippen molar-refractivity contribution in [1.82, 2.24) is 10.6 Å². The molecule has 1 unspecified atom stereocenters. The SMILES string of the molecule is CC(C)C(C#N)(CCCNC(=O)CNCC(c1ccccc1)c1ccccc1)c1ccc(Cl)cc1. The lowest BCUT2D eigenvalue weighted by Gasteiger charge is -2.31. The lowest BCUT2D eigenvalue weighted by Crippen LogP contribution is -2.37. The Morgan fingerprint density at radius 3 is 2.03 bits per heavy atom. The number of rotatable bonds is 12. The van der Waals surface area contributed by atoms with Gasteiger partial charge in [-0.1, -0.05) is 98.2 Å². The van der Waals surface area contributed by atoms with E-state index in [4.69, 9.17) is 11.6 Å². The average Bonchev–Trinajstić information content (AvgIpc) is 2.88. The highest BCUT2D eigenvalue weighted by molar-refractivity contribution is 6.30. The molecule has 1 amide bonds. The average molecular weight is 488 g/mol. The van der Waals surface area contributed by atoms with Crippen molar-refractivity contribution in [2.24, 2.45) is 5.92 Å². The lowest BCUT2D eigenvalue weighted by atomic mass is 9.70. The van der Waals surface area contributed by atoms with Crippen molar-refractivity contribution < 1.29 is 4.79 Å². The summed E-state index contributed by atoms with van der Waals surface area (Å²) in [5.74, 6) is 0.272. The van der Waals surface area contributed by atoms with E-state index in [0.29, 0.717) is 24.5 Å². The first-order valence-electron chi connectivity index (χ1n) is 12.2. The zero-order valence-corrected chi connectivity index (χ0v) is 21.3. The van der Waals surface area contributed by atoms with Crippen LogP contribution in [0.3, 0.4) is 0 Å². The summed E-state index contributed by atoms with van der Waals surface area (Å²) in [5.41, 5.74) is 2.80. The summed E-state index contributed by atoms with van der Waals surface area (Å²) in [6.07, 6.45) is 1.39. The summed E-state index contributed by atoms with van der Waals surface area (Å²) in [6, 6.07) is 30.8. The van der Waals surface area contributed by atoms with Crippen LogP contribution in [0.1, 0.15) is 49.3 Å². The van der Waals surface area contributed by atoms with Crippen LogP contribution >= 0.6 is 11.6 Å². The van der Waals surface area contributed by atoms with Gasteiger partial charge in [0.2, 0.25) is 5.91 Å². The minimum atomic E-state index is -0.605. The highest BCUT2D eigenvalue weighted by atomic mass is 35.5. The molecule has 0 bridgehead atoms. The number of halogens is 1. The van der Waals surface area contributed by atoms with E-state index in [-0.39, 0.29) is 24.3 Å². The molecule has 3 aromatic rings. The highest BCUT2D eigenvalue weighted by Crippen LogP contribution is 2.36. The van der Waals surface area contributed by atoms with Crippen LogP contribution in [0.5, 0.6) is 0 Å². The van der Waals surface area contributed by atoms with E-state index in [1.165, 1.54) is 11.1 Å². The van der Waals surface area contributed by atoms with Crippen molar-refractivity contribution in [3.63, 3.8) is 0 Å². The van der Waals surface area contributed by atoms with Crippen LogP contribution in [-0.2, 0) is 10.2 Å². The van der Waals surface area contributed by atoms with Crippen LogP contribution in [0.2, 0.25) is 5.02 Å². The fraction of sp³-hybridized carbons (Fsp3) is 0.333. The van der Waals surface area contributed by atoms with Gasteiger partial charge in [-0.15, -0.1) is 0 Å². The summed E-state index contributed by atoms with van der Waals surface area (Å²) in [5, 5.41) is 17.0. The van der Waals surface area contributed by atoms with Crippen LogP contribution in [0, 0.1) is 17.2 Å². The third kappa shape index (κ3) is 7.18. The van der Waals surface area contributed by atoms with Gasteiger partial charge in [0.25, 0.3) is 0 Å². The number of benzene rings is 3. The second-order valence-corrected chi connectivity index (χ2v) is 9.64. The Balaban J connectivity index is 1.50. The number of hydrogen-bond donors (Lipinski definition) is 2. The van der Waals surface area contributed by atoms with Crippen molar-refractivity contribution in [1.29, 1.82) is 5.26 Å². The molecule has 0 aliphatic carbocycles. The molecular formula is C30H34ClN3O. The fourth-order valence-electron chi connectivity index (χ4n) is 4.55. The number of carbonyl (C=O) groups is 1. The van der Waals surface area contributed by atoms with E-state index in [0.717, 1.165) is 12.0 Å². The Bertz CT molecular complexity index is 1050. The maximum atomic E-state index is 12.5. The molecule has 0 radical (unpaired) electrons. The summed E-state index contributed by atoms with van der Waals surface area (Å²) < 4.78 is 0. The zero-order valence-electron chi connectivity index (χ0n) is 20.5. The van der Waals surface area contributed by atoms with E-state index in [1.807, 2.05) is 60.7 Å². The molecule has 1 atom stereocenters. The Labute approximate surface area is 214 Å². The maximum absolute atomic E-state index is 12.5. The zero-order chi connectivity index (χ0) is 25.1. The second-order valence-electron chi connectivity index (χ2n) is 9.20. The largest absolute Gasteiger partial charge is 0.355 e. The molecule has 2 N–H and O–H groups in total. The molecule has 3 aromatic carbocycles. The maximum Gasteiger partial charge on any atom is 0.233 e. The van der Waals surface area contributed by atoms with Crippen LogP contribution in [0.4, 0.5) is 0 Å². The molecule has 4 nitrogen and oxygen atoms in total. The van der Waals surface area contributed by atoms with Crippen molar-refractivity contribution in [2.45, 2.75) is 38.0 Å². The highest BCUT2D eigenvalue weighted by Gasteiger charge is 2.35. The first-order chi connectivity index (χ1) is 17.0. The van der Waals surface area contributed by atoms with Gasteiger partial charge in [-0.25, -0.2) is 0 Å². The van der Waals surface area contributed by atoms with Gasteiger partial charge in [0, 0.05) is 24.0 Å². The van der Waals surface area contributed by atoms with Gasteiger partial charge in [-0.05, 0) is 47.6 Å². The number of hydrogen-bond acceptors (Lipinski definition) is 3.